The van der Waals surface area contributed by atoms with Crippen LogP contribution in [0, 0.1) is 0 Å². The molecule has 0 aromatic carbocycles. The summed E-state index contributed by atoms with van der Waals surface area (Å²) in [5.74, 6) is -0.314. The lowest BCUT2D eigenvalue weighted by atomic mass is 10.4. The number of sulfone groups is 1. The summed E-state index contributed by atoms with van der Waals surface area (Å²) in [4.78, 5) is 0.0968. The Bertz CT molecular complexity index is 699. The Morgan fingerprint density at radius 1 is 1.43 bits per heavy atom. The van der Waals surface area contributed by atoms with Crippen molar-refractivity contribution in [2.45, 2.75) is 37.9 Å². The van der Waals surface area contributed by atoms with E-state index < -0.39 is 25.9 Å². The number of sulfonamides is 1. The Hall–Kier alpha value is -0.900. The van der Waals surface area contributed by atoms with Gasteiger partial charge in [-0.2, -0.15) is 4.31 Å². The molecule has 1 aliphatic rings. The zero-order chi connectivity index (χ0) is 15.8. The fourth-order valence-corrected chi connectivity index (χ4v) is 6.03. The van der Waals surface area contributed by atoms with Crippen molar-refractivity contribution in [1.29, 1.82) is 0 Å². The number of rotatable bonds is 4. The molecule has 1 atom stereocenters. The van der Waals surface area contributed by atoms with Crippen LogP contribution in [0.5, 0.6) is 0 Å². The fraction of sp³-hybridized carbons (Fsp3) is 0.667. The van der Waals surface area contributed by atoms with Crippen molar-refractivity contribution < 1.29 is 21.9 Å². The Morgan fingerprint density at radius 3 is 2.57 bits per heavy atom. The van der Waals surface area contributed by atoms with Gasteiger partial charge in [0.25, 0.3) is 0 Å². The highest BCUT2D eigenvalue weighted by atomic mass is 32.2. The minimum atomic E-state index is -3.75. The van der Waals surface area contributed by atoms with Crippen molar-refractivity contribution in [3.05, 3.63) is 18.0 Å². The van der Waals surface area contributed by atoms with Gasteiger partial charge in [-0.15, -0.1) is 0 Å². The van der Waals surface area contributed by atoms with E-state index in [2.05, 4.69) is 0 Å². The Kier molecular flexibility index (Phi) is 4.48. The third kappa shape index (κ3) is 3.15. The molecule has 9 heteroatoms. The van der Waals surface area contributed by atoms with E-state index in [4.69, 9.17) is 0 Å². The summed E-state index contributed by atoms with van der Waals surface area (Å²) in [6, 6.07) is 0.852. The van der Waals surface area contributed by atoms with Gasteiger partial charge in [0, 0.05) is 31.0 Å². The first kappa shape index (κ1) is 16.5. The largest absolute Gasteiger partial charge is 0.390 e. The molecule has 0 amide bonds. The molecule has 1 aromatic rings. The van der Waals surface area contributed by atoms with E-state index in [9.17, 15) is 21.9 Å². The molecule has 1 aliphatic heterocycles. The zero-order valence-electron chi connectivity index (χ0n) is 12.1. The first-order valence-electron chi connectivity index (χ1n) is 6.73. The van der Waals surface area contributed by atoms with Crippen molar-refractivity contribution in [3.63, 3.8) is 0 Å². The van der Waals surface area contributed by atoms with Crippen LogP contribution in [0.3, 0.4) is 0 Å². The molecule has 0 spiro atoms. The molecule has 21 heavy (non-hydrogen) atoms. The van der Waals surface area contributed by atoms with E-state index in [1.165, 1.54) is 16.6 Å². The molecule has 2 heterocycles. The highest BCUT2D eigenvalue weighted by Crippen LogP contribution is 2.24. The number of aliphatic hydroxyl groups is 1. The average Bonchev–Trinajstić information content (AvgIpc) is 2.80. The molecule has 1 aromatic heterocycles. The summed E-state index contributed by atoms with van der Waals surface area (Å²) in [5.41, 5.74) is 0.522. The number of nitrogens with zero attached hydrogens (tertiary/aromatic N) is 2. The summed E-state index contributed by atoms with van der Waals surface area (Å²) in [7, 11) is -6.92. The van der Waals surface area contributed by atoms with Crippen molar-refractivity contribution >= 4 is 19.9 Å². The molecule has 0 aliphatic carbocycles. The second-order valence-corrected chi connectivity index (χ2v) is 9.31. The quantitative estimate of drug-likeness (QED) is 0.822. The van der Waals surface area contributed by atoms with Crippen LogP contribution in [0.15, 0.2) is 17.2 Å². The van der Waals surface area contributed by atoms with Crippen LogP contribution in [0.4, 0.5) is 0 Å². The minimum absolute atomic E-state index is 0.0302. The van der Waals surface area contributed by atoms with Gasteiger partial charge in [-0.25, -0.2) is 16.8 Å². The van der Waals surface area contributed by atoms with Crippen molar-refractivity contribution in [1.82, 2.24) is 8.87 Å². The summed E-state index contributed by atoms with van der Waals surface area (Å²) in [6.45, 7) is 3.73. The van der Waals surface area contributed by atoms with Crippen LogP contribution >= 0.6 is 0 Å². The fourth-order valence-electron chi connectivity index (χ4n) is 2.57. The first-order chi connectivity index (χ1) is 9.71. The van der Waals surface area contributed by atoms with Crippen molar-refractivity contribution in [3.8, 4) is 0 Å². The smallest absolute Gasteiger partial charge is 0.244 e. The maximum Gasteiger partial charge on any atom is 0.244 e. The van der Waals surface area contributed by atoms with Crippen LogP contribution in [0.2, 0.25) is 0 Å². The average molecular weight is 336 g/mol. The van der Waals surface area contributed by atoms with Crippen molar-refractivity contribution in [2.75, 3.05) is 18.1 Å². The molecule has 2 rings (SSSR count). The van der Waals surface area contributed by atoms with E-state index in [1.807, 2.05) is 6.92 Å². The lowest BCUT2D eigenvalue weighted by Crippen LogP contribution is -2.49. The van der Waals surface area contributed by atoms with Gasteiger partial charge < -0.3 is 9.67 Å². The number of aryl methyl sites for hydroxylation is 1. The van der Waals surface area contributed by atoms with Crippen LogP contribution in [0.1, 0.15) is 19.5 Å². The van der Waals surface area contributed by atoms with Gasteiger partial charge in [-0.3, -0.25) is 0 Å². The number of hydrogen-bond donors (Lipinski definition) is 1. The maximum absolute atomic E-state index is 12.6. The van der Waals surface area contributed by atoms with Crippen LogP contribution in [-0.4, -0.2) is 54.9 Å². The molecule has 1 saturated heterocycles. The second-order valence-electron chi connectivity index (χ2n) is 5.19. The highest BCUT2D eigenvalue weighted by molar-refractivity contribution is 7.92. The second kappa shape index (κ2) is 5.71. The van der Waals surface area contributed by atoms with Gasteiger partial charge in [0.05, 0.1) is 18.1 Å². The van der Waals surface area contributed by atoms with Gasteiger partial charge in [-0.1, -0.05) is 0 Å². The van der Waals surface area contributed by atoms with Crippen LogP contribution < -0.4 is 0 Å². The molecule has 1 N–H and O–H groups in total. The van der Waals surface area contributed by atoms with E-state index in [0.717, 1.165) is 0 Å². The minimum Gasteiger partial charge on any atom is -0.390 e. The Balaban J connectivity index is 2.36. The molecule has 120 valence electrons. The molecule has 0 radical (unpaired) electrons. The first-order valence-corrected chi connectivity index (χ1v) is 9.99. The molecule has 0 bridgehead atoms. The topological polar surface area (TPSA) is 96.7 Å². The molecular formula is C12H20N2O5S2. The van der Waals surface area contributed by atoms with E-state index in [0.29, 0.717) is 12.2 Å². The van der Waals surface area contributed by atoms with Gasteiger partial charge in [-0.05, 0) is 19.9 Å². The van der Waals surface area contributed by atoms with Gasteiger partial charge in [0.2, 0.25) is 10.0 Å². The lowest BCUT2D eigenvalue weighted by Gasteiger charge is -2.31. The van der Waals surface area contributed by atoms with E-state index >= 15 is 0 Å². The summed E-state index contributed by atoms with van der Waals surface area (Å²) in [5, 5.41) is 9.25. The number of aromatic nitrogens is 1. The Labute approximate surface area is 125 Å². The summed E-state index contributed by atoms with van der Waals surface area (Å²) in [6.07, 6.45) is 1.48. The summed E-state index contributed by atoms with van der Waals surface area (Å²) >= 11 is 0. The molecule has 1 fully saturated rings. The number of aliphatic hydroxyl groups excluding tert-OH is 1. The predicted molar refractivity (Wildman–Crippen MR) is 78.0 cm³/mol. The third-order valence-electron chi connectivity index (χ3n) is 3.68. The molecule has 0 saturated carbocycles. The normalized spacial score (nSPS) is 23.3. The van der Waals surface area contributed by atoms with Crippen molar-refractivity contribution in [2.24, 2.45) is 0 Å². The van der Waals surface area contributed by atoms with E-state index in [1.54, 1.807) is 11.5 Å². The SMILES string of the molecule is CCn1cc(S(=O)(=O)N2CCS(=O)(=O)CC2C)cc1CO. The standard InChI is InChI=1S/C12H20N2O5S2/c1-3-13-7-12(6-11(13)8-15)21(18,19)14-4-5-20(16,17)9-10(14)2/h6-7,10,15H,3-5,8-9H2,1-2H3. The monoisotopic (exact) mass is 336 g/mol. The van der Waals surface area contributed by atoms with E-state index in [-0.39, 0.29) is 29.6 Å². The molecular weight excluding hydrogens is 316 g/mol. The Morgan fingerprint density at radius 2 is 2.10 bits per heavy atom. The highest BCUT2D eigenvalue weighted by Gasteiger charge is 2.37. The summed E-state index contributed by atoms with van der Waals surface area (Å²) < 4.78 is 51.3. The lowest BCUT2D eigenvalue weighted by molar-refractivity contribution is 0.271. The van der Waals surface area contributed by atoms with Crippen LogP contribution in [-0.2, 0) is 33.0 Å². The third-order valence-corrected chi connectivity index (χ3v) is 7.45. The predicted octanol–water partition coefficient (Wildman–Crippen LogP) is -0.192. The van der Waals surface area contributed by atoms with Crippen LogP contribution in [0.25, 0.3) is 0 Å². The van der Waals surface area contributed by atoms with Gasteiger partial charge in [0.1, 0.15) is 4.90 Å². The van der Waals surface area contributed by atoms with Gasteiger partial charge in [0.15, 0.2) is 9.84 Å². The zero-order valence-corrected chi connectivity index (χ0v) is 13.7. The molecule has 7 nitrogen and oxygen atoms in total. The number of hydrogen-bond acceptors (Lipinski definition) is 5. The maximum atomic E-state index is 12.6. The molecule has 1 unspecified atom stereocenters. The van der Waals surface area contributed by atoms with Gasteiger partial charge >= 0.3 is 0 Å².